The van der Waals surface area contributed by atoms with Gasteiger partial charge in [-0.3, -0.25) is 24.1 Å². The molecule has 0 radical (unpaired) electrons. The van der Waals surface area contributed by atoms with E-state index in [1.165, 1.54) is 24.0 Å². The molecule has 4 heterocycles. The van der Waals surface area contributed by atoms with Crippen LogP contribution in [0.1, 0.15) is 47.0 Å². The van der Waals surface area contributed by atoms with Gasteiger partial charge in [-0.2, -0.15) is 14.0 Å². The minimum atomic E-state index is -3.86. The first kappa shape index (κ1) is 35.8. The number of amides is 4. The van der Waals surface area contributed by atoms with E-state index in [9.17, 15) is 43.0 Å². The molecule has 4 atom stereocenters. The Morgan fingerprint density at radius 1 is 1.02 bits per heavy atom. The zero-order valence-corrected chi connectivity index (χ0v) is 29.0. The van der Waals surface area contributed by atoms with Crippen LogP contribution < -0.4 is 5.32 Å². The van der Waals surface area contributed by atoms with E-state index in [0.717, 1.165) is 29.0 Å². The number of nitrogens with zero attached hydrogens (tertiary/aromatic N) is 5. The van der Waals surface area contributed by atoms with Gasteiger partial charge in [0.25, 0.3) is 5.91 Å². The fraction of sp³-hybridized carbons (Fsp3) is 0.441. The highest BCUT2D eigenvalue weighted by molar-refractivity contribution is 7.46. The number of benzene rings is 2. The highest BCUT2D eigenvalue weighted by Gasteiger charge is 2.47. The topological polar surface area (TPSA) is 158 Å². The predicted molar refractivity (Wildman–Crippen MR) is 182 cm³/mol. The lowest BCUT2D eigenvalue weighted by Crippen LogP contribution is -2.62. The smallest absolute Gasteiger partial charge is 0.339 e. The highest BCUT2D eigenvalue weighted by Crippen LogP contribution is 2.53. The molecule has 12 nitrogen and oxygen atoms in total. The first-order valence-electron chi connectivity index (χ1n) is 16.3. The average molecular weight is 727 g/mol. The molecule has 2 aromatic carbocycles. The molecule has 3 aliphatic heterocycles. The van der Waals surface area contributed by atoms with Gasteiger partial charge in [-0.05, 0) is 48.4 Å². The number of hydrogen-bond donors (Lipinski definition) is 3. The summed E-state index contributed by atoms with van der Waals surface area (Å²) in [5.74, 6) is -1.67. The summed E-state index contributed by atoms with van der Waals surface area (Å²) in [6.45, 7) is 3.25. The number of nitrogens with one attached hydrogen (secondary N) is 1. The van der Waals surface area contributed by atoms with Crippen LogP contribution in [0.5, 0.6) is 0 Å². The number of carbonyl (C=O) groups is 4. The van der Waals surface area contributed by atoms with E-state index in [4.69, 9.17) is 0 Å². The Bertz CT molecular complexity index is 1820. The molecule has 3 aliphatic rings. The lowest BCUT2D eigenvalue weighted by Gasteiger charge is -2.42. The van der Waals surface area contributed by atoms with E-state index >= 15 is 0 Å². The summed E-state index contributed by atoms with van der Waals surface area (Å²) in [4.78, 5) is 79.7. The molecule has 0 aliphatic carbocycles. The second kappa shape index (κ2) is 14.7. The SMILES string of the molecule is CC(=O)N1CC[C@H]2CC[C@@H](C(=O)N3CCN(Cc4ccccc4)C(C#N)C3)N2C(=O)[C@@H](NC(=O)c2cc3cc(C(F)(F)P(O)O)ccc3s2)C1. The summed E-state index contributed by atoms with van der Waals surface area (Å²) in [5.41, 5.74) is -3.40. The van der Waals surface area contributed by atoms with Crippen molar-refractivity contribution in [2.45, 2.75) is 62.6 Å². The van der Waals surface area contributed by atoms with Gasteiger partial charge in [-0.25, -0.2) is 0 Å². The van der Waals surface area contributed by atoms with Crippen LogP contribution in [0.15, 0.2) is 54.6 Å². The van der Waals surface area contributed by atoms with Crippen molar-refractivity contribution < 1.29 is 37.7 Å². The van der Waals surface area contributed by atoms with E-state index < -0.39 is 49.5 Å². The maximum atomic E-state index is 14.3. The minimum absolute atomic E-state index is 0.115. The number of hydrogen-bond acceptors (Lipinski definition) is 9. The van der Waals surface area contributed by atoms with Crippen molar-refractivity contribution in [3.8, 4) is 6.07 Å². The molecule has 264 valence electrons. The summed E-state index contributed by atoms with van der Waals surface area (Å²) >= 11 is 1.01. The third kappa shape index (κ3) is 7.22. The van der Waals surface area contributed by atoms with Gasteiger partial charge in [0.1, 0.15) is 18.1 Å². The number of carbonyl (C=O) groups excluding carboxylic acids is 4. The largest absolute Gasteiger partial charge is 0.346 e. The van der Waals surface area contributed by atoms with Crippen LogP contribution in [0, 0.1) is 11.3 Å². The number of alkyl halides is 2. The van der Waals surface area contributed by atoms with Crippen molar-refractivity contribution in [3.05, 3.63) is 70.6 Å². The van der Waals surface area contributed by atoms with Crippen molar-refractivity contribution in [1.29, 1.82) is 5.26 Å². The molecule has 3 saturated heterocycles. The third-order valence-electron chi connectivity index (χ3n) is 9.74. The van der Waals surface area contributed by atoms with Gasteiger partial charge in [-0.15, -0.1) is 11.3 Å². The summed E-state index contributed by atoms with van der Waals surface area (Å²) in [7, 11) is -3.57. The second-order valence-electron chi connectivity index (χ2n) is 12.9. The number of thiophene rings is 1. The van der Waals surface area contributed by atoms with E-state index in [1.807, 2.05) is 35.2 Å². The lowest BCUT2D eigenvalue weighted by molar-refractivity contribution is -0.149. The molecule has 4 amide bonds. The molecule has 6 rings (SSSR count). The summed E-state index contributed by atoms with van der Waals surface area (Å²) in [5, 5.41) is 13.0. The molecule has 0 bridgehead atoms. The number of piperazine rings is 1. The molecular weight excluding hydrogens is 689 g/mol. The number of fused-ring (bicyclic) bond motifs is 2. The van der Waals surface area contributed by atoms with Crippen LogP contribution in [-0.4, -0.2) is 110 Å². The van der Waals surface area contributed by atoms with Crippen LogP contribution in [0.4, 0.5) is 8.78 Å². The monoisotopic (exact) mass is 726 g/mol. The van der Waals surface area contributed by atoms with Crippen LogP contribution in [0.3, 0.4) is 0 Å². The van der Waals surface area contributed by atoms with Crippen LogP contribution >= 0.6 is 19.7 Å². The Morgan fingerprint density at radius 3 is 2.48 bits per heavy atom. The molecule has 3 fully saturated rings. The maximum absolute atomic E-state index is 14.3. The highest BCUT2D eigenvalue weighted by atomic mass is 32.1. The third-order valence-corrected chi connectivity index (χ3v) is 11.6. The molecule has 0 spiro atoms. The zero-order chi connectivity index (χ0) is 35.7. The predicted octanol–water partition coefficient (Wildman–Crippen LogP) is 3.19. The summed E-state index contributed by atoms with van der Waals surface area (Å²) in [6.07, 6.45) is 1.41. The van der Waals surface area contributed by atoms with E-state index in [-0.39, 0.29) is 41.2 Å². The van der Waals surface area contributed by atoms with Gasteiger partial charge < -0.3 is 29.8 Å². The van der Waals surface area contributed by atoms with E-state index in [2.05, 4.69) is 11.4 Å². The number of rotatable bonds is 7. The fourth-order valence-corrected chi connectivity index (χ4v) is 8.37. The normalized spacial score (nSPS) is 23.4. The second-order valence-corrected chi connectivity index (χ2v) is 15.1. The Kier molecular flexibility index (Phi) is 10.5. The molecule has 3 aromatic rings. The Morgan fingerprint density at radius 2 is 1.78 bits per heavy atom. The van der Waals surface area contributed by atoms with Crippen molar-refractivity contribution in [3.63, 3.8) is 0 Å². The molecule has 50 heavy (non-hydrogen) atoms. The van der Waals surface area contributed by atoms with Crippen molar-refractivity contribution in [2.24, 2.45) is 0 Å². The molecule has 1 unspecified atom stereocenters. The fourth-order valence-electron chi connectivity index (χ4n) is 7.06. The van der Waals surface area contributed by atoms with Crippen molar-refractivity contribution in [1.82, 2.24) is 24.9 Å². The average Bonchev–Trinajstić information content (AvgIpc) is 3.73. The Labute approximate surface area is 292 Å². The maximum Gasteiger partial charge on any atom is 0.339 e. The zero-order valence-electron chi connectivity index (χ0n) is 27.2. The van der Waals surface area contributed by atoms with Gasteiger partial charge in [0.05, 0.1) is 10.9 Å². The van der Waals surface area contributed by atoms with Crippen molar-refractivity contribution in [2.75, 3.05) is 32.7 Å². The van der Waals surface area contributed by atoms with Gasteiger partial charge in [0.2, 0.25) is 26.1 Å². The van der Waals surface area contributed by atoms with E-state index in [1.54, 1.807) is 9.80 Å². The molecule has 0 saturated carbocycles. The first-order valence-corrected chi connectivity index (χ1v) is 18.4. The van der Waals surface area contributed by atoms with Crippen molar-refractivity contribution >= 4 is 53.4 Å². The van der Waals surface area contributed by atoms with Gasteiger partial charge in [-0.1, -0.05) is 36.4 Å². The Hall–Kier alpha value is -4.06. The summed E-state index contributed by atoms with van der Waals surface area (Å²) < 4.78 is 29.1. The molecule has 3 N–H and O–H groups in total. The van der Waals surface area contributed by atoms with E-state index in [0.29, 0.717) is 50.1 Å². The number of halogens is 2. The van der Waals surface area contributed by atoms with Gasteiger partial charge in [0, 0.05) is 62.5 Å². The van der Waals surface area contributed by atoms with Crippen LogP contribution in [0.25, 0.3) is 10.1 Å². The Balaban J connectivity index is 1.20. The molecular formula is C34H37F2N6O6PS. The minimum Gasteiger partial charge on any atom is -0.346 e. The molecule has 1 aromatic heterocycles. The first-order chi connectivity index (χ1) is 23.9. The molecule has 16 heteroatoms. The van der Waals surface area contributed by atoms with Crippen LogP contribution in [0.2, 0.25) is 0 Å². The van der Waals surface area contributed by atoms with Gasteiger partial charge >= 0.3 is 5.66 Å². The van der Waals surface area contributed by atoms with Gasteiger partial charge in [0.15, 0.2) is 0 Å². The quantitative estimate of drug-likeness (QED) is 0.314. The summed E-state index contributed by atoms with van der Waals surface area (Å²) in [6, 6.07) is 14.2. The van der Waals surface area contributed by atoms with Crippen LogP contribution in [-0.2, 0) is 26.6 Å². The number of nitriles is 1. The standard InChI is InChI=1S/C34H37F2N6O6PS/c1-21(43)39-12-11-25-8-9-28(33(46)41-14-13-40(26(17-37)19-41)18-22-5-3-2-4-6-22)42(25)32(45)27(20-39)38-31(44)30-16-23-15-24(7-10-29(23)50-30)34(35,36)49(47)48/h2-7,10,15-16,25-28,47-48H,8-9,11-14,18-20H2,1H3,(H,38,44)/t25-,26?,27+,28+/m1/s1. The lowest BCUT2D eigenvalue weighted by atomic mass is 10.1.